The number of pyridine rings is 2. The van der Waals surface area contributed by atoms with Crippen LogP contribution in [0.1, 0.15) is 0 Å². The van der Waals surface area contributed by atoms with E-state index in [4.69, 9.17) is 0 Å². The monoisotopic (exact) mass is 130 g/mol. The zero-order valence-electron chi connectivity index (χ0n) is 5.36. The molecule has 2 heteroatoms. The highest BCUT2D eigenvalue weighted by atomic mass is 14.7. The van der Waals surface area contributed by atoms with Gasteiger partial charge in [-0.2, -0.15) is 0 Å². The van der Waals surface area contributed by atoms with Crippen LogP contribution in [0.3, 0.4) is 0 Å². The molecule has 10 heavy (non-hydrogen) atoms. The maximum atomic E-state index is 4.12. The van der Waals surface area contributed by atoms with Crippen LogP contribution in [0.25, 0.3) is 10.9 Å². The molecule has 0 atom stereocenters. The molecule has 2 nitrogen and oxygen atoms in total. The Kier molecular flexibility index (Phi) is 1.10. The van der Waals surface area contributed by atoms with Gasteiger partial charge in [-0.15, -0.1) is 0 Å². The maximum Gasteiger partial charge on any atom is 0.0885 e. The summed E-state index contributed by atoms with van der Waals surface area (Å²) < 4.78 is 0. The van der Waals surface area contributed by atoms with Crippen molar-refractivity contribution in [3.8, 4) is 0 Å². The molecule has 0 fully saturated rings. The predicted molar refractivity (Wildman–Crippen MR) is 39.5 cm³/mol. The van der Waals surface area contributed by atoms with Crippen molar-refractivity contribution in [2.75, 3.05) is 0 Å². The van der Waals surface area contributed by atoms with E-state index in [-0.39, 0.29) is 0 Å². The van der Waals surface area contributed by atoms with Gasteiger partial charge < -0.3 is 0 Å². The van der Waals surface area contributed by atoms with Gasteiger partial charge in [0.1, 0.15) is 0 Å². The molecule has 0 aromatic carbocycles. The fourth-order valence-electron chi connectivity index (χ4n) is 0.916. The quantitative estimate of drug-likeness (QED) is 0.541. The van der Waals surface area contributed by atoms with Gasteiger partial charge in [-0.1, -0.05) is 6.07 Å². The summed E-state index contributed by atoms with van der Waals surface area (Å²) >= 11 is 0. The third-order valence-electron chi connectivity index (χ3n) is 1.41. The Morgan fingerprint density at radius 2 is 2.10 bits per heavy atom. The molecule has 0 radical (unpaired) electrons. The topological polar surface area (TPSA) is 25.8 Å². The lowest BCUT2D eigenvalue weighted by molar-refractivity contribution is 1.31. The highest BCUT2D eigenvalue weighted by molar-refractivity contribution is 5.76. The minimum atomic E-state index is 0.949. The molecule has 0 aliphatic heterocycles. The van der Waals surface area contributed by atoms with Crippen LogP contribution in [0.2, 0.25) is 0 Å². The summed E-state index contributed by atoms with van der Waals surface area (Å²) in [5.41, 5.74) is 0.949. The average molecular weight is 130 g/mol. The van der Waals surface area contributed by atoms with Crippen LogP contribution in [0.4, 0.5) is 0 Å². The Labute approximate surface area is 58.6 Å². The summed E-state index contributed by atoms with van der Waals surface area (Å²) in [6.45, 7) is 0. The summed E-state index contributed by atoms with van der Waals surface area (Å²) in [5.74, 6) is 0. The van der Waals surface area contributed by atoms with E-state index in [1.54, 1.807) is 18.6 Å². The van der Waals surface area contributed by atoms with Crippen molar-refractivity contribution >= 4 is 10.9 Å². The zero-order valence-corrected chi connectivity index (χ0v) is 5.36. The summed E-state index contributed by atoms with van der Waals surface area (Å²) in [4.78, 5) is 8.07. The van der Waals surface area contributed by atoms with E-state index in [1.165, 1.54) is 0 Å². The highest BCUT2D eigenvalue weighted by Gasteiger charge is 1.87. The van der Waals surface area contributed by atoms with Crippen molar-refractivity contribution in [1.29, 1.82) is 0 Å². The second-order valence-corrected chi connectivity index (χ2v) is 2.07. The van der Waals surface area contributed by atoms with Crippen molar-refractivity contribution < 1.29 is 0 Å². The van der Waals surface area contributed by atoms with Crippen LogP contribution in [0.5, 0.6) is 0 Å². The van der Waals surface area contributed by atoms with Crippen LogP contribution in [0, 0.1) is 0 Å². The number of hydrogen-bond acceptors (Lipinski definition) is 2. The van der Waals surface area contributed by atoms with E-state index in [9.17, 15) is 0 Å². The number of fused-ring (bicyclic) bond motifs is 1. The molecule has 0 aliphatic rings. The Morgan fingerprint density at radius 3 is 3.00 bits per heavy atom. The van der Waals surface area contributed by atoms with Gasteiger partial charge in [-0.25, -0.2) is 0 Å². The second kappa shape index (κ2) is 2.06. The zero-order chi connectivity index (χ0) is 6.81. The lowest BCUT2D eigenvalue weighted by Gasteiger charge is -1.90. The van der Waals surface area contributed by atoms with Crippen molar-refractivity contribution in [3.63, 3.8) is 0 Å². The predicted octanol–water partition coefficient (Wildman–Crippen LogP) is 1.63. The molecule has 0 amide bonds. The Hall–Kier alpha value is -1.44. The summed E-state index contributed by atoms with van der Waals surface area (Å²) in [5, 5.41) is 1.14. The van der Waals surface area contributed by atoms with E-state index in [2.05, 4.69) is 9.97 Å². The first-order chi connectivity index (χ1) is 4.97. The summed E-state index contributed by atoms with van der Waals surface area (Å²) in [6, 6.07) is 5.88. The summed E-state index contributed by atoms with van der Waals surface area (Å²) in [6.07, 6.45) is 5.30. The van der Waals surface area contributed by atoms with Crippen LogP contribution >= 0.6 is 0 Å². The van der Waals surface area contributed by atoms with Crippen LogP contribution in [-0.2, 0) is 0 Å². The SMILES string of the molecule is c1cnc2cnccc2c1. The first kappa shape index (κ1) is 5.35. The van der Waals surface area contributed by atoms with Crippen LogP contribution in [-0.4, -0.2) is 9.97 Å². The molecule has 2 heterocycles. The number of rotatable bonds is 0. The molecule has 0 bridgehead atoms. The largest absolute Gasteiger partial charge is 0.262 e. The molecule has 0 spiro atoms. The first-order valence-corrected chi connectivity index (χ1v) is 3.11. The number of hydrogen-bond donors (Lipinski definition) is 0. The van der Waals surface area contributed by atoms with Crippen LogP contribution < -0.4 is 0 Å². The van der Waals surface area contributed by atoms with Crippen molar-refractivity contribution in [1.82, 2.24) is 9.97 Å². The van der Waals surface area contributed by atoms with Crippen molar-refractivity contribution in [2.45, 2.75) is 0 Å². The molecule has 48 valence electrons. The van der Waals surface area contributed by atoms with Gasteiger partial charge in [-0.05, 0) is 12.1 Å². The smallest absolute Gasteiger partial charge is 0.0885 e. The lowest BCUT2D eigenvalue weighted by atomic mass is 10.3. The third-order valence-corrected chi connectivity index (χ3v) is 1.41. The normalized spacial score (nSPS) is 10.0. The van der Waals surface area contributed by atoms with E-state index in [0.29, 0.717) is 0 Å². The van der Waals surface area contributed by atoms with Crippen molar-refractivity contribution in [2.24, 2.45) is 0 Å². The maximum absolute atomic E-state index is 4.12. The molecule has 2 rings (SSSR count). The third kappa shape index (κ3) is 0.739. The highest BCUT2D eigenvalue weighted by Crippen LogP contribution is 2.05. The molecule has 0 aliphatic carbocycles. The van der Waals surface area contributed by atoms with Gasteiger partial charge in [0.25, 0.3) is 0 Å². The Morgan fingerprint density at radius 1 is 1.10 bits per heavy atom. The van der Waals surface area contributed by atoms with Crippen molar-refractivity contribution in [3.05, 3.63) is 36.8 Å². The van der Waals surface area contributed by atoms with E-state index >= 15 is 0 Å². The Balaban J connectivity index is 2.89. The minimum Gasteiger partial charge on any atom is -0.262 e. The van der Waals surface area contributed by atoms with Gasteiger partial charge in [0.2, 0.25) is 0 Å². The molecule has 2 aromatic heterocycles. The van der Waals surface area contributed by atoms with Gasteiger partial charge >= 0.3 is 0 Å². The molecular weight excluding hydrogens is 124 g/mol. The molecular formula is C8H6N2. The molecule has 0 unspecified atom stereocenters. The van der Waals surface area contributed by atoms with Gasteiger partial charge in [0.15, 0.2) is 0 Å². The minimum absolute atomic E-state index is 0.949. The first-order valence-electron chi connectivity index (χ1n) is 3.11. The average Bonchev–Trinajstić information content (AvgIpc) is 2.05. The van der Waals surface area contributed by atoms with Gasteiger partial charge in [0, 0.05) is 17.8 Å². The number of aromatic nitrogens is 2. The molecule has 0 saturated carbocycles. The van der Waals surface area contributed by atoms with Gasteiger partial charge in [0.05, 0.1) is 11.7 Å². The fourth-order valence-corrected chi connectivity index (χ4v) is 0.916. The lowest BCUT2D eigenvalue weighted by Crippen LogP contribution is -1.76. The Bertz CT molecular complexity index is 278. The van der Waals surface area contributed by atoms with Gasteiger partial charge in [-0.3, -0.25) is 9.97 Å². The van der Waals surface area contributed by atoms with E-state index < -0.39 is 0 Å². The molecule has 0 saturated heterocycles. The summed E-state index contributed by atoms with van der Waals surface area (Å²) in [7, 11) is 0. The molecule has 0 N–H and O–H groups in total. The fraction of sp³-hybridized carbons (Fsp3) is 0. The molecule has 2 aromatic rings. The van der Waals surface area contributed by atoms with E-state index in [0.717, 1.165) is 10.9 Å². The standard InChI is InChI=1S/C8H6N2/c1-2-7-3-5-9-6-8(7)10-4-1/h1-6H. The van der Waals surface area contributed by atoms with E-state index in [1.807, 2.05) is 18.2 Å². The second-order valence-electron chi connectivity index (χ2n) is 2.07. The number of nitrogens with zero attached hydrogens (tertiary/aromatic N) is 2. The van der Waals surface area contributed by atoms with Crippen LogP contribution in [0.15, 0.2) is 36.8 Å².